The van der Waals surface area contributed by atoms with Crippen molar-refractivity contribution in [1.82, 2.24) is 9.78 Å². The molecule has 1 saturated heterocycles. The van der Waals surface area contributed by atoms with Gasteiger partial charge in [-0.2, -0.15) is 18.3 Å². The Labute approximate surface area is 89.0 Å². The summed E-state index contributed by atoms with van der Waals surface area (Å²) in [6.07, 6.45) is -2.09. The third-order valence-corrected chi connectivity index (χ3v) is 2.40. The molecule has 0 aliphatic carbocycles. The second-order valence-corrected chi connectivity index (χ2v) is 3.55. The first-order valence-electron chi connectivity index (χ1n) is 4.72. The Kier molecular flexibility index (Phi) is 2.71. The van der Waals surface area contributed by atoms with Gasteiger partial charge in [0.1, 0.15) is 0 Å². The van der Waals surface area contributed by atoms with Crippen LogP contribution in [0.4, 0.5) is 13.2 Å². The molecule has 0 aromatic carbocycles. The molecule has 1 atom stereocenters. The van der Waals surface area contributed by atoms with E-state index in [4.69, 9.17) is 4.74 Å². The van der Waals surface area contributed by atoms with Gasteiger partial charge in [0.2, 0.25) is 0 Å². The van der Waals surface area contributed by atoms with Crippen molar-refractivity contribution in [1.29, 1.82) is 0 Å². The highest BCUT2D eigenvalue weighted by molar-refractivity contribution is 5.99. The van der Waals surface area contributed by atoms with Crippen molar-refractivity contribution in [2.75, 3.05) is 13.2 Å². The number of carbonyl (C=O) groups excluding carboxylic acids is 1. The fourth-order valence-electron chi connectivity index (χ4n) is 1.55. The van der Waals surface area contributed by atoms with Crippen molar-refractivity contribution in [3.63, 3.8) is 0 Å². The average molecular weight is 234 g/mol. The molecule has 1 aromatic heterocycles. The van der Waals surface area contributed by atoms with Crippen LogP contribution in [0.5, 0.6) is 0 Å². The van der Waals surface area contributed by atoms with Gasteiger partial charge in [-0.05, 0) is 6.42 Å². The van der Waals surface area contributed by atoms with Crippen LogP contribution < -0.4 is 0 Å². The van der Waals surface area contributed by atoms with E-state index in [1.165, 1.54) is 4.68 Å². The number of carbonyl (C=O) groups is 1. The number of hydrogen-bond donors (Lipinski definition) is 0. The van der Waals surface area contributed by atoms with Crippen LogP contribution in [0.1, 0.15) is 22.8 Å². The number of nitrogens with zero attached hydrogens (tertiary/aromatic N) is 2. The van der Waals surface area contributed by atoms with Crippen LogP contribution in [-0.4, -0.2) is 35.0 Å². The highest BCUT2D eigenvalue weighted by Crippen LogP contribution is 2.23. The predicted octanol–water partition coefficient (Wildman–Crippen LogP) is 1.59. The minimum absolute atomic E-state index is 0.0743. The number of aromatic nitrogens is 2. The number of Topliss-reactive ketones (excluding diaryl/α,β-unsaturated/α-hetero) is 1. The number of hydrogen-bond acceptors (Lipinski definition) is 3. The quantitative estimate of drug-likeness (QED) is 0.730. The predicted molar refractivity (Wildman–Crippen MR) is 47.1 cm³/mol. The minimum atomic E-state index is -4.85. The van der Waals surface area contributed by atoms with Crippen LogP contribution in [0.2, 0.25) is 0 Å². The first kappa shape index (κ1) is 11.1. The smallest absolute Gasteiger partial charge is 0.379 e. The van der Waals surface area contributed by atoms with Gasteiger partial charge < -0.3 is 4.74 Å². The monoisotopic (exact) mass is 234 g/mol. The molecule has 4 nitrogen and oxygen atoms in total. The highest BCUT2D eigenvalue weighted by atomic mass is 19.4. The Bertz CT molecular complexity index is 394. The summed E-state index contributed by atoms with van der Waals surface area (Å²) in [5.74, 6) is -1.86. The van der Waals surface area contributed by atoms with Gasteiger partial charge in [-0.3, -0.25) is 9.48 Å². The lowest BCUT2D eigenvalue weighted by atomic mass is 10.2. The highest BCUT2D eigenvalue weighted by Gasteiger charge is 2.40. The van der Waals surface area contributed by atoms with Crippen LogP contribution in [0.25, 0.3) is 0 Å². The molecule has 2 rings (SSSR count). The second-order valence-electron chi connectivity index (χ2n) is 3.55. The lowest BCUT2D eigenvalue weighted by Crippen LogP contribution is -2.22. The molecule has 1 aromatic rings. The van der Waals surface area contributed by atoms with Gasteiger partial charge in [0.05, 0.1) is 24.4 Å². The molecule has 88 valence electrons. The number of ketones is 1. The molecule has 1 unspecified atom stereocenters. The maximum Gasteiger partial charge on any atom is 0.454 e. The maximum absolute atomic E-state index is 12.1. The Morgan fingerprint density at radius 3 is 2.88 bits per heavy atom. The fraction of sp³-hybridized carbons (Fsp3) is 0.556. The molecule has 1 aliphatic rings. The van der Waals surface area contributed by atoms with Crippen LogP contribution in [0.15, 0.2) is 12.4 Å². The summed E-state index contributed by atoms with van der Waals surface area (Å²) < 4.78 is 42.8. The van der Waals surface area contributed by atoms with E-state index >= 15 is 0 Å². The summed E-state index contributed by atoms with van der Waals surface area (Å²) in [6, 6.07) is -0.0743. The van der Waals surface area contributed by atoms with E-state index in [0.717, 1.165) is 12.4 Å². The van der Waals surface area contributed by atoms with Crippen molar-refractivity contribution in [2.45, 2.75) is 18.6 Å². The lowest BCUT2D eigenvalue weighted by Gasteiger charge is -2.06. The number of rotatable bonds is 2. The molecule has 16 heavy (non-hydrogen) atoms. The van der Waals surface area contributed by atoms with Crippen LogP contribution in [0.3, 0.4) is 0 Å². The summed E-state index contributed by atoms with van der Waals surface area (Å²) >= 11 is 0. The standard InChI is InChI=1S/C9H9F3N2O2/c10-9(11,12)8(15)6-3-13-14(4-6)7-1-2-16-5-7/h3-4,7H,1-2,5H2. The van der Waals surface area contributed by atoms with Gasteiger partial charge in [0.25, 0.3) is 5.78 Å². The van der Waals surface area contributed by atoms with Gasteiger partial charge >= 0.3 is 6.18 Å². The molecule has 7 heteroatoms. The van der Waals surface area contributed by atoms with Crippen LogP contribution in [0, 0.1) is 0 Å². The molecule has 1 aliphatic heterocycles. The summed E-state index contributed by atoms with van der Waals surface area (Å²) in [5.41, 5.74) is -0.431. The van der Waals surface area contributed by atoms with Crippen molar-refractivity contribution < 1.29 is 22.7 Å². The van der Waals surface area contributed by atoms with E-state index in [1.54, 1.807) is 0 Å². The Balaban J connectivity index is 2.16. The SMILES string of the molecule is O=C(c1cnn(C2CCOC2)c1)C(F)(F)F. The number of ether oxygens (including phenoxy) is 1. The Hall–Kier alpha value is -1.37. The van der Waals surface area contributed by atoms with Crippen molar-refractivity contribution in [2.24, 2.45) is 0 Å². The maximum atomic E-state index is 12.1. The third kappa shape index (κ3) is 2.08. The average Bonchev–Trinajstić information content (AvgIpc) is 2.85. The molecule has 0 bridgehead atoms. The molecule has 2 heterocycles. The first-order valence-corrected chi connectivity index (χ1v) is 4.72. The summed E-state index contributed by atoms with van der Waals surface area (Å²) in [4.78, 5) is 10.9. The van der Waals surface area contributed by atoms with Crippen molar-refractivity contribution in [3.05, 3.63) is 18.0 Å². The molecule has 0 amide bonds. The third-order valence-electron chi connectivity index (χ3n) is 2.40. The molecule has 0 spiro atoms. The normalized spacial score (nSPS) is 21.3. The van der Waals surface area contributed by atoms with Gasteiger partial charge in [0, 0.05) is 12.8 Å². The minimum Gasteiger partial charge on any atom is -0.379 e. The van der Waals surface area contributed by atoms with Crippen molar-refractivity contribution >= 4 is 5.78 Å². The molecular weight excluding hydrogens is 225 g/mol. The van der Waals surface area contributed by atoms with E-state index in [2.05, 4.69) is 5.10 Å². The molecular formula is C9H9F3N2O2. The Morgan fingerprint density at radius 2 is 2.31 bits per heavy atom. The zero-order valence-electron chi connectivity index (χ0n) is 8.20. The fourth-order valence-corrected chi connectivity index (χ4v) is 1.55. The second kappa shape index (κ2) is 3.89. The summed E-state index contributed by atoms with van der Waals surface area (Å²) in [5, 5.41) is 3.75. The molecule has 0 radical (unpaired) electrons. The zero-order chi connectivity index (χ0) is 11.8. The molecule has 1 fully saturated rings. The summed E-state index contributed by atoms with van der Waals surface area (Å²) in [6.45, 7) is 0.981. The van der Waals surface area contributed by atoms with Gasteiger partial charge in [-0.15, -0.1) is 0 Å². The van der Waals surface area contributed by atoms with Crippen molar-refractivity contribution in [3.8, 4) is 0 Å². The van der Waals surface area contributed by atoms with Gasteiger partial charge in [-0.1, -0.05) is 0 Å². The zero-order valence-corrected chi connectivity index (χ0v) is 8.20. The Morgan fingerprint density at radius 1 is 1.56 bits per heavy atom. The van der Waals surface area contributed by atoms with E-state index in [-0.39, 0.29) is 6.04 Å². The molecule has 0 saturated carbocycles. The molecule has 0 N–H and O–H groups in total. The lowest BCUT2D eigenvalue weighted by molar-refractivity contribution is -0.0885. The van der Waals surface area contributed by atoms with Crippen LogP contribution >= 0.6 is 0 Å². The first-order chi connectivity index (χ1) is 7.48. The topological polar surface area (TPSA) is 44.1 Å². The van der Waals surface area contributed by atoms with Crippen LogP contribution in [-0.2, 0) is 4.74 Å². The van der Waals surface area contributed by atoms with Gasteiger partial charge in [0.15, 0.2) is 0 Å². The number of alkyl halides is 3. The van der Waals surface area contributed by atoms with Gasteiger partial charge in [-0.25, -0.2) is 0 Å². The van der Waals surface area contributed by atoms with E-state index in [1.807, 2.05) is 0 Å². The summed E-state index contributed by atoms with van der Waals surface area (Å²) in [7, 11) is 0. The number of halogens is 3. The van der Waals surface area contributed by atoms with E-state index in [0.29, 0.717) is 19.6 Å². The largest absolute Gasteiger partial charge is 0.454 e. The van der Waals surface area contributed by atoms with E-state index < -0.39 is 17.5 Å². The van der Waals surface area contributed by atoms with E-state index in [9.17, 15) is 18.0 Å².